The van der Waals surface area contributed by atoms with Gasteiger partial charge >= 0.3 is 5.97 Å². The number of carbonyl (C=O) groups is 1. The molecule has 0 bridgehead atoms. The summed E-state index contributed by atoms with van der Waals surface area (Å²) < 4.78 is 4.92. The monoisotopic (exact) mass is 338 g/mol. The number of allylic oxidation sites excluding steroid dienone is 1. The molecular formula is C20H22N2O3. The van der Waals surface area contributed by atoms with E-state index in [2.05, 4.69) is 16.9 Å². The number of ether oxygens (including phenoxy) is 1. The van der Waals surface area contributed by atoms with Crippen LogP contribution in [0.15, 0.2) is 58.9 Å². The van der Waals surface area contributed by atoms with Crippen molar-refractivity contribution >= 4 is 17.9 Å². The minimum absolute atomic E-state index is 0.0458. The van der Waals surface area contributed by atoms with Gasteiger partial charge in [-0.05, 0) is 55.7 Å². The molecule has 0 aliphatic carbocycles. The maximum Gasteiger partial charge on any atom is 0.343 e. The Morgan fingerprint density at radius 2 is 2.00 bits per heavy atom. The average Bonchev–Trinajstić information content (AvgIpc) is 2.62. The first-order valence-electron chi connectivity index (χ1n) is 8.21. The highest BCUT2D eigenvalue weighted by molar-refractivity contribution is 6.10. The summed E-state index contributed by atoms with van der Waals surface area (Å²) in [7, 11) is 0. The molecule has 25 heavy (non-hydrogen) atoms. The van der Waals surface area contributed by atoms with Crippen LogP contribution in [0.4, 0.5) is 5.69 Å². The van der Waals surface area contributed by atoms with Crippen molar-refractivity contribution in [3.63, 3.8) is 0 Å². The molecule has 5 heteroatoms. The number of carbonyl (C=O) groups excluding carboxylic acids is 1. The van der Waals surface area contributed by atoms with Gasteiger partial charge in [0.1, 0.15) is 11.3 Å². The van der Waals surface area contributed by atoms with Crippen LogP contribution in [0.1, 0.15) is 26.5 Å². The highest BCUT2D eigenvalue weighted by Crippen LogP contribution is 2.24. The molecule has 0 amide bonds. The fraction of sp³-hybridized carbons (Fsp3) is 0.250. The molecule has 0 saturated carbocycles. The lowest BCUT2D eigenvalue weighted by molar-refractivity contribution is -0.138. The number of rotatable bonds is 6. The van der Waals surface area contributed by atoms with Crippen LogP contribution in [0.5, 0.6) is 0 Å². The van der Waals surface area contributed by atoms with Gasteiger partial charge in [0.15, 0.2) is 0 Å². The number of benzene rings is 1. The van der Waals surface area contributed by atoms with Crippen LogP contribution in [0.25, 0.3) is 11.1 Å². The molecule has 0 aliphatic heterocycles. The summed E-state index contributed by atoms with van der Waals surface area (Å²) in [6.45, 7) is 5.44. The summed E-state index contributed by atoms with van der Waals surface area (Å²) in [6.07, 6.45) is 3.99. The second kappa shape index (κ2) is 8.78. The topological polar surface area (TPSA) is 71.8 Å². The molecule has 0 aliphatic rings. The minimum Gasteiger partial charge on any atom is -0.512 e. The lowest BCUT2D eigenvalue weighted by Crippen LogP contribution is -2.10. The minimum atomic E-state index is -0.593. The van der Waals surface area contributed by atoms with Crippen LogP contribution in [0, 0.1) is 0 Å². The van der Waals surface area contributed by atoms with Crippen molar-refractivity contribution in [2.45, 2.75) is 27.2 Å². The maximum atomic E-state index is 11.8. The molecule has 0 atom stereocenters. The molecule has 0 fully saturated rings. The SMILES string of the molecule is CCOC(=O)/C(C=Nc1cccc(-c2ccnc(CC)c2)c1)=C(/C)O. The van der Waals surface area contributed by atoms with Crippen molar-refractivity contribution in [3.8, 4) is 11.1 Å². The first-order chi connectivity index (χ1) is 12.0. The summed E-state index contributed by atoms with van der Waals surface area (Å²) in [5.41, 5.74) is 3.81. The molecule has 2 aromatic rings. The van der Waals surface area contributed by atoms with Crippen molar-refractivity contribution in [1.29, 1.82) is 0 Å². The number of aliphatic imine (C=N–C) groups is 1. The molecule has 2 rings (SSSR count). The smallest absolute Gasteiger partial charge is 0.343 e. The number of pyridine rings is 1. The highest BCUT2D eigenvalue weighted by atomic mass is 16.5. The van der Waals surface area contributed by atoms with Crippen molar-refractivity contribution in [2.24, 2.45) is 4.99 Å². The first-order valence-corrected chi connectivity index (χ1v) is 8.21. The van der Waals surface area contributed by atoms with Gasteiger partial charge in [0, 0.05) is 18.1 Å². The van der Waals surface area contributed by atoms with Crippen LogP contribution in [0.2, 0.25) is 0 Å². The second-order valence-corrected chi connectivity index (χ2v) is 5.42. The largest absolute Gasteiger partial charge is 0.512 e. The van der Waals surface area contributed by atoms with Gasteiger partial charge in [0.05, 0.1) is 12.3 Å². The van der Waals surface area contributed by atoms with Crippen LogP contribution in [-0.2, 0) is 16.0 Å². The molecule has 0 radical (unpaired) electrons. The third-order valence-electron chi connectivity index (χ3n) is 3.59. The van der Waals surface area contributed by atoms with Gasteiger partial charge in [-0.15, -0.1) is 0 Å². The lowest BCUT2D eigenvalue weighted by Gasteiger charge is -2.05. The lowest BCUT2D eigenvalue weighted by atomic mass is 10.0. The Kier molecular flexibility index (Phi) is 6.46. The maximum absolute atomic E-state index is 11.8. The molecule has 1 N–H and O–H groups in total. The van der Waals surface area contributed by atoms with Gasteiger partial charge < -0.3 is 9.84 Å². The van der Waals surface area contributed by atoms with Crippen molar-refractivity contribution < 1.29 is 14.6 Å². The van der Waals surface area contributed by atoms with Crippen LogP contribution in [-0.4, -0.2) is 28.9 Å². The highest BCUT2D eigenvalue weighted by Gasteiger charge is 2.11. The third kappa shape index (κ3) is 5.01. The Morgan fingerprint density at radius 3 is 2.68 bits per heavy atom. The third-order valence-corrected chi connectivity index (χ3v) is 3.59. The summed E-state index contributed by atoms with van der Waals surface area (Å²) in [5.74, 6) is -0.718. The Hall–Kier alpha value is -2.95. The number of nitrogens with zero attached hydrogens (tertiary/aromatic N) is 2. The normalized spacial score (nSPS) is 12.1. The zero-order valence-electron chi connectivity index (χ0n) is 14.7. The van der Waals surface area contributed by atoms with E-state index in [1.807, 2.05) is 36.4 Å². The fourth-order valence-corrected chi connectivity index (χ4v) is 2.26. The van der Waals surface area contributed by atoms with Crippen LogP contribution >= 0.6 is 0 Å². The predicted molar refractivity (Wildman–Crippen MR) is 99.2 cm³/mol. The first kappa shape index (κ1) is 18.4. The predicted octanol–water partition coefficient (Wildman–Crippen LogP) is 4.41. The number of esters is 1. The van der Waals surface area contributed by atoms with Gasteiger partial charge in [-0.25, -0.2) is 4.79 Å². The molecule has 1 aromatic carbocycles. The van der Waals surface area contributed by atoms with E-state index in [1.165, 1.54) is 13.1 Å². The Bertz CT molecular complexity index is 806. The molecule has 0 unspecified atom stereocenters. The summed E-state index contributed by atoms with van der Waals surface area (Å²) in [5, 5.41) is 9.66. The fourth-order valence-electron chi connectivity index (χ4n) is 2.26. The van der Waals surface area contributed by atoms with E-state index in [0.29, 0.717) is 5.69 Å². The quantitative estimate of drug-likeness (QED) is 0.366. The van der Waals surface area contributed by atoms with Gasteiger partial charge in [0.25, 0.3) is 0 Å². The summed E-state index contributed by atoms with van der Waals surface area (Å²) >= 11 is 0. The molecule has 0 spiro atoms. The molecule has 5 nitrogen and oxygen atoms in total. The second-order valence-electron chi connectivity index (χ2n) is 5.42. The number of aliphatic hydroxyl groups is 1. The number of hydrogen-bond donors (Lipinski definition) is 1. The van der Waals surface area contributed by atoms with E-state index >= 15 is 0 Å². The van der Waals surface area contributed by atoms with E-state index in [0.717, 1.165) is 23.2 Å². The van der Waals surface area contributed by atoms with Crippen molar-refractivity contribution in [2.75, 3.05) is 6.61 Å². The van der Waals surface area contributed by atoms with E-state index < -0.39 is 5.97 Å². The van der Waals surface area contributed by atoms with Gasteiger partial charge in [-0.2, -0.15) is 0 Å². The number of aryl methyl sites for hydroxylation is 1. The Morgan fingerprint density at radius 1 is 1.24 bits per heavy atom. The van der Waals surface area contributed by atoms with Gasteiger partial charge in [0.2, 0.25) is 0 Å². The molecule has 1 heterocycles. The molecular weight excluding hydrogens is 316 g/mol. The van der Waals surface area contributed by atoms with E-state index in [4.69, 9.17) is 4.74 Å². The van der Waals surface area contributed by atoms with E-state index in [1.54, 1.807) is 13.1 Å². The van der Waals surface area contributed by atoms with Crippen LogP contribution < -0.4 is 0 Å². The molecule has 130 valence electrons. The summed E-state index contributed by atoms with van der Waals surface area (Å²) in [6, 6.07) is 11.6. The molecule has 0 saturated heterocycles. The zero-order chi connectivity index (χ0) is 18.2. The standard InChI is InChI=1S/C20H22N2O3/c1-4-17-11-16(9-10-21-17)15-7-6-8-18(12-15)22-13-19(14(3)23)20(24)25-5-2/h6-13,23H,4-5H2,1-3H3/b19-14-,22-13?. The Labute approximate surface area is 147 Å². The van der Waals surface area contributed by atoms with Gasteiger partial charge in [-0.3, -0.25) is 9.98 Å². The Balaban J connectivity index is 2.29. The number of hydrogen-bond acceptors (Lipinski definition) is 5. The van der Waals surface area contributed by atoms with E-state index in [-0.39, 0.29) is 17.9 Å². The van der Waals surface area contributed by atoms with Crippen molar-refractivity contribution in [3.05, 3.63) is 59.6 Å². The number of aromatic nitrogens is 1. The average molecular weight is 338 g/mol. The van der Waals surface area contributed by atoms with E-state index in [9.17, 15) is 9.90 Å². The zero-order valence-corrected chi connectivity index (χ0v) is 14.7. The van der Waals surface area contributed by atoms with Gasteiger partial charge in [-0.1, -0.05) is 19.1 Å². The number of aliphatic hydroxyl groups excluding tert-OH is 1. The van der Waals surface area contributed by atoms with Crippen LogP contribution in [0.3, 0.4) is 0 Å². The summed E-state index contributed by atoms with van der Waals surface area (Å²) in [4.78, 5) is 20.4. The van der Waals surface area contributed by atoms with Crippen molar-refractivity contribution in [1.82, 2.24) is 4.98 Å². The molecule has 1 aromatic heterocycles.